The number of hydrogen-bond acceptors (Lipinski definition) is 4. The van der Waals surface area contributed by atoms with E-state index in [9.17, 15) is 4.79 Å². The van der Waals surface area contributed by atoms with E-state index in [2.05, 4.69) is 34.4 Å². The molecule has 1 heterocycles. The van der Waals surface area contributed by atoms with Gasteiger partial charge in [-0.15, -0.1) is 11.3 Å². The molecule has 1 amide bonds. The zero-order valence-electron chi connectivity index (χ0n) is 12.5. The third kappa shape index (κ3) is 4.95. The molecule has 0 aliphatic carbocycles. The van der Waals surface area contributed by atoms with Crippen molar-refractivity contribution in [3.63, 3.8) is 0 Å². The van der Waals surface area contributed by atoms with Crippen molar-refractivity contribution in [1.29, 1.82) is 0 Å². The van der Waals surface area contributed by atoms with Crippen LogP contribution in [0.1, 0.15) is 27.2 Å². The first-order valence-corrected chi connectivity index (χ1v) is 7.96. The minimum Gasteiger partial charge on any atom is -0.350 e. The Hall–Kier alpha value is -1.72. The molecule has 1 N–H and O–H groups in total. The lowest BCUT2D eigenvalue weighted by molar-refractivity contribution is 0.0953. The molecule has 0 bridgehead atoms. The van der Waals surface area contributed by atoms with Crippen molar-refractivity contribution in [1.82, 2.24) is 15.2 Å². The zero-order chi connectivity index (χ0) is 15.1. The fraction of sp³-hybridized carbons (Fsp3) is 0.375. The molecule has 1 aromatic heterocycles. The first-order valence-electron chi connectivity index (χ1n) is 7.14. The molecule has 4 nitrogen and oxygen atoms in total. The molecule has 21 heavy (non-hydrogen) atoms. The van der Waals surface area contributed by atoms with Crippen LogP contribution in [-0.4, -0.2) is 35.9 Å². The van der Waals surface area contributed by atoms with E-state index in [1.807, 2.05) is 25.1 Å². The molecule has 0 radical (unpaired) electrons. The number of amides is 1. The Morgan fingerprint density at radius 2 is 2.10 bits per heavy atom. The molecule has 112 valence electrons. The molecule has 2 aromatic rings. The summed E-state index contributed by atoms with van der Waals surface area (Å²) in [5.41, 5.74) is 1.28. The largest absolute Gasteiger partial charge is 0.350 e. The van der Waals surface area contributed by atoms with Gasteiger partial charge in [0, 0.05) is 19.6 Å². The summed E-state index contributed by atoms with van der Waals surface area (Å²) in [6, 6.07) is 10.3. The first-order chi connectivity index (χ1) is 10.2. The minimum atomic E-state index is -0.0275. The maximum Gasteiger partial charge on any atom is 0.263 e. The van der Waals surface area contributed by atoms with Gasteiger partial charge in [0.05, 0.1) is 11.2 Å². The van der Waals surface area contributed by atoms with Crippen LogP contribution in [0.4, 0.5) is 0 Å². The monoisotopic (exact) mass is 303 g/mol. The summed E-state index contributed by atoms with van der Waals surface area (Å²) < 4.78 is 0. The summed E-state index contributed by atoms with van der Waals surface area (Å²) in [5.74, 6) is -0.0275. The molecule has 0 aliphatic heterocycles. The fourth-order valence-electron chi connectivity index (χ4n) is 2.00. The Labute approximate surface area is 129 Å². The predicted molar refractivity (Wildman–Crippen MR) is 86.6 cm³/mol. The van der Waals surface area contributed by atoms with Crippen LogP contribution in [0.3, 0.4) is 0 Å². The summed E-state index contributed by atoms with van der Waals surface area (Å²) in [6.45, 7) is 4.39. The van der Waals surface area contributed by atoms with Gasteiger partial charge in [-0.1, -0.05) is 37.3 Å². The molecule has 0 saturated carbocycles. The molecule has 0 saturated heterocycles. The quantitative estimate of drug-likeness (QED) is 0.855. The highest BCUT2D eigenvalue weighted by Crippen LogP contribution is 2.12. The van der Waals surface area contributed by atoms with Crippen LogP contribution >= 0.6 is 11.3 Å². The number of aryl methyl sites for hydroxylation is 1. The number of thiazole rings is 1. The van der Waals surface area contributed by atoms with Gasteiger partial charge in [-0.25, -0.2) is 4.98 Å². The third-order valence-electron chi connectivity index (χ3n) is 3.15. The predicted octanol–water partition coefficient (Wildman–Crippen LogP) is 2.57. The third-order valence-corrected chi connectivity index (χ3v) is 4.29. The van der Waals surface area contributed by atoms with Crippen LogP contribution in [0.2, 0.25) is 0 Å². The maximum absolute atomic E-state index is 12.0. The Morgan fingerprint density at radius 1 is 1.33 bits per heavy atom. The van der Waals surface area contributed by atoms with E-state index in [0.29, 0.717) is 11.4 Å². The smallest absolute Gasteiger partial charge is 0.263 e. The molecule has 2 rings (SSSR count). The van der Waals surface area contributed by atoms with Crippen LogP contribution in [0.5, 0.6) is 0 Å². The summed E-state index contributed by atoms with van der Waals surface area (Å²) in [5, 5.41) is 3.94. The van der Waals surface area contributed by atoms with Gasteiger partial charge < -0.3 is 10.2 Å². The zero-order valence-corrected chi connectivity index (χ0v) is 13.3. The molecule has 0 aliphatic rings. The first kappa shape index (κ1) is 15.7. The number of hydrogen-bond donors (Lipinski definition) is 1. The summed E-state index contributed by atoms with van der Waals surface area (Å²) >= 11 is 1.47. The number of nitrogens with one attached hydrogen (secondary N) is 1. The standard InChI is InChI=1S/C16H21N3OS/c1-3-15-18-11-14(21-15)16(20)17-9-10-19(2)12-13-7-5-4-6-8-13/h4-8,11H,3,9-10,12H2,1-2H3,(H,17,20). The summed E-state index contributed by atoms with van der Waals surface area (Å²) in [6.07, 6.45) is 2.53. The molecule has 0 atom stereocenters. The van der Waals surface area contributed by atoms with Gasteiger partial charge in [0.1, 0.15) is 4.88 Å². The highest BCUT2D eigenvalue weighted by molar-refractivity contribution is 7.13. The highest BCUT2D eigenvalue weighted by Gasteiger charge is 2.09. The number of carbonyl (C=O) groups is 1. The number of rotatable bonds is 7. The molecule has 5 heteroatoms. The fourth-order valence-corrected chi connectivity index (χ4v) is 2.77. The average molecular weight is 303 g/mol. The van der Waals surface area contributed by atoms with Crippen molar-refractivity contribution < 1.29 is 4.79 Å². The average Bonchev–Trinajstić information content (AvgIpc) is 2.97. The van der Waals surface area contributed by atoms with E-state index in [4.69, 9.17) is 0 Å². The molecule has 0 spiro atoms. The lowest BCUT2D eigenvalue weighted by Gasteiger charge is -2.16. The van der Waals surface area contributed by atoms with Gasteiger partial charge in [-0.2, -0.15) is 0 Å². The van der Waals surface area contributed by atoms with E-state index >= 15 is 0 Å². The topological polar surface area (TPSA) is 45.2 Å². The van der Waals surface area contributed by atoms with E-state index in [0.717, 1.165) is 24.5 Å². The van der Waals surface area contributed by atoms with Gasteiger partial charge in [0.2, 0.25) is 0 Å². The summed E-state index contributed by atoms with van der Waals surface area (Å²) in [7, 11) is 2.06. The second-order valence-electron chi connectivity index (χ2n) is 4.95. The van der Waals surface area contributed by atoms with Crippen LogP contribution in [0.25, 0.3) is 0 Å². The van der Waals surface area contributed by atoms with Gasteiger partial charge in [-0.3, -0.25) is 4.79 Å². The van der Waals surface area contributed by atoms with Gasteiger partial charge in [0.15, 0.2) is 0 Å². The number of aromatic nitrogens is 1. The Bertz CT molecular complexity index is 568. The van der Waals surface area contributed by atoms with Crippen molar-refractivity contribution >= 4 is 17.2 Å². The van der Waals surface area contributed by atoms with E-state index in [1.54, 1.807) is 6.20 Å². The van der Waals surface area contributed by atoms with Crippen LogP contribution in [-0.2, 0) is 13.0 Å². The molecule has 0 fully saturated rings. The Morgan fingerprint density at radius 3 is 2.76 bits per heavy atom. The van der Waals surface area contributed by atoms with Crippen molar-refractivity contribution in [2.75, 3.05) is 20.1 Å². The van der Waals surface area contributed by atoms with E-state index in [-0.39, 0.29) is 5.91 Å². The number of carbonyl (C=O) groups excluding carboxylic acids is 1. The molecule has 1 aromatic carbocycles. The van der Waals surface area contributed by atoms with Gasteiger partial charge in [-0.05, 0) is 19.0 Å². The Balaban J connectivity index is 1.72. The van der Waals surface area contributed by atoms with Crippen molar-refractivity contribution in [3.8, 4) is 0 Å². The van der Waals surface area contributed by atoms with Crippen LogP contribution in [0.15, 0.2) is 36.5 Å². The van der Waals surface area contributed by atoms with E-state index in [1.165, 1.54) is 16.9 Å². The van der Waals surface area contributed by atoms with Crippen LogP contribution in [0, 0.1) is 0 Å². The lowest BCUT2D eigenvalue weighted by Crippen LogP contribution is -2.32. The van der Waals surface area contributed by atoms with E-state index < -0.39 is 0 Å². The second kappa shape index (κ2) is 7.90. The molecule has 0 unspecified atom stereocenters. The number of benzene rings is 1. The number of nitrogens with zero attached hydrogens (tertiary/aromatic N) is 2. The SMILES string of the molecule is CCc1ncc(C(=O)NCCN(C)Cc2ccccc2)s1. The van der Waals surface area contributed by atoms with Crippen molar-refractivity contribution in [2.24, 2.45) is 0 Å². The van der Waals surface area contributed by atoms with Crippen molar-refractivity contribution in [2.45, 2.75) is 19.9 Å². The lowest BCUT2D eigenvalue weighted by atomic mass is 10.2. The normalized spacial score (nSPS) is 10.8. The second-order valence-corrected chi connectivity index (χ2v) is 6.07. The minimum absolute atomic E-state index is 0.0275. The van der Waals surface area contributed by atoms with Crippen molar-refractivity contribution in [3.05, 3.63) is 52.0 Å². The molecular weight excluding hydrogens is 282 g/mol. The molecular formula is C16H21N3OS. The number of likely N-dealkylation sites (N-methyl/N-ethyl adjacent to an activating group) is 1. The Kier molecular flexibility index (Phi) is 5.90. The highest BCUT2D eigenvalue weighted by atomic mass is 32.1. The van der Waals surface area contributed by atoms with Crippen LogP contribution < -0.4 is 5.32 Å². The van der Waals surface area contributed by atoms with Gasteiger partial charge in [0.25, 0.3) is 5.91 Å². The maximum atomic E-state index is 12.0. The van der Waals surface area contributed by atoms with Gasteiger partial charge >= 0.3 is 0 Å². The summed E-state index contributed by atoms with van der Waals surface area (Å²) in [4.78, 5) is 19.0.